The van der Waals surface area contributed by atoms with E-state index < -0.39 is 5.54 Å². The summed E-state index contributed by atoms with van der Waals surface area (Å²) in [5, 5.41) is 8.53. The standard InChI is InChI=1S/C27H33N7O2S/c28-27(4-5-27)26(35)34-8-6-31(7-9-34)18-32-16-23(33-10-12-36-13-11-33)20-14-24(37-25(20)17-32)19-2-1-3-22-21(19)15-29-30-22/h1-3,14-16H,4-13,17-18,28H2,(H,29,30). The van der Waals surface area contributed by atoms with E-state index in [0.717, 1.165) is 89.4 Å². The Labute approximate surface area is 220 Å². The van der Waals surface area contributed by atoms with Crippen molar-refractivity contribution in [1.82, 2.24) is 29.8 Å². The monoisotopic (exact) mass is 519 g/mol. The van der Waals surface area contributed by atoms with Crippen LogP contribution in [0.1, 0.15) is 23.3 Å². The SMILES string of the molecule is NC1(C(=O)N2CCN(CN3C=C(N4CCOCC4)c4cc(-c5cccc6[nH]ncc56)sc4C3)CC2)CC1. The van der Waals surface area contributed by atoms with Crippen molar-refractivity contribution in [1.29, 1.82) is 0 Å². The van der Waals surface area contributed by atoms with Gasteiger partial charge in [0.15, 0.2) is 0 Å². The van der Waals surface area contributed by atoms with E-state index in [2.05, 4.69) is 55.4 Å². The topological polar surface area (TPSA) is 94.0 Å². The Kier molecular flexibility index (Phi) is 5.73. The molecule has 0 unspecified atom stereocenters. The number of fused-ring (bicyclic) bond motifs is 2. The van der Waals surface area contributed by atoms with Gasteiger partial charge in [0.25, 0.3) is 0 Å². The van der Waals surface area contributed by atoms with Crippen LogP contribution in [-0.4, -0.2) is 100 Å². The van der Waals surface area contributed by atoms with Crippen LogP contribution in [0.4, 0.5) is 0 Å². The molecule has 1 aromatic carbocycles. The Morgan fingerprint density at radius 2 is 1.92 bits per heavy atom. The molecule has 9 nitrogen and oxygen atoms in total. The summed E-state index contributed by atoms with van der Waals surface area (Å²) >= 11 is 1.89. The zero-order chi connectivity index (χ0) is 25.0. The lowest BCUT2D eigenvalue weighted by Gasteiger charge is -2.40. The highest BCUT2D eigenvalue weighted by Crippen LogP contribution is 2.41. The number of aromatic amines is 1. The van der Waals surface area contributed by atoms with Crippen molar-refractivity contribution in [3.05, 3.63) is 47.1 Å². The third-order valence-corrected chi connectivity index (χ3v) is 9.25. The summed E-state index contributed by atoms with van der Waals surface area (Å²) in [5.41, 5.74) is 10.5. The number of H-pyrrole nitrogens is 1. The van der Waals surface area contributed by atoms with Crippen molar-refractivity contribution in [3.63, 3.8) is 0 Å². The molecule has 0 bridgehead atoms. The van der Waals surface area contributed by atoms with Gasteiger partial charge < -0.3 is 25.2 Å². The second-order valence-electron chi connectivity index (χ2n) is 10.7. The quantitative estimate of drug-likeness (QED) is 0.534. The zero-order valence-corrected chi connectivity index (χ0v) is 21.8. The van der Waals surface area contributed by atoms with Crippen LogP contribution in [0.3, 0.4) is 0 Å². The van der Waals surface area contributed by atoms with Gasteiger partial charge >= 0.3 is 0 Å². The molecule has 37 heavy (non-hydrogen) atoms. The minimum Gasteiger partial charge on any atom is -0.378 e. The minimum atomic E-state index is -0.571. The Morgan fingerprint density at radius 1 is 1.11 bits per heavy atom. The predicted octanol–water partition coefficient (Wildman–Crippen LogP) is 2.33. The Balaban J connectivity index is 1.12. The van der Waals surface area contributed by atoms with Gasteiger partial charge in [-0.3, -0.25) is 14.8 Å². The molecule has 194 valence electrons. The molecule has 3 aromatic rings. The number of carbonyl (C=O) groups is 1. The number of piperazine rings is 1. The van der Waals surface area contributed by atoms with E-state index in [0.29, 0.717) is 0 Å². The summed E-state index contributed by atoms with van der Waals surface area (Å²) in [6.07, 6.45) is 5.93. The van der Waals surface area contributed by atoms with Gasteiger partial charge in [-0.05, 0) is 25.0 Å². The van der Waals surface area contributed by atoms with Crippen molar-refractivity contribution < 1.29 is 9.53 Å². The Bertz CT molecular complexity index is 1350. The molecule has 2 saturated heterocycles. The first kappa shape index (κ1) is 23.2. The number of hydrogen-bond donors (Lipinski definition) is 2. The molecule has 0 atom stereocenters. The molecule has 1 saturated carbocycles. The van der Waals surface area contributed by atoms with Gasteiger partial charge in [-0.15, -0.1) is 11.3 Å². The van der Waals surface area contributed by atoms with Crippen LogP contribution in [0.2, 0.25) is 0 Å². The normalized spacial score (nSPS) is 21.8. The third-order valence-electron chi connectivity index (χ3n) is 8.09. The van der Waals surface area contributed by atoms with Crippen LogP contribution >= 0.6 is 11.3 Å². The molecule has 1 amide bonds. The maximum atomic E-state index is 12.7. The molecule has 0 radical (unpaired) electrons. The van der Waals surface area contributed by atoms with Crippen molar-refractivity contribution in [2.75, 3.05) is 59.2 Å². The van der Waals surface area contributed by atoms with Gasteiger partial charge in [0.2, 0.25) is 5.91 Å². The molecular formula is C27H33N7O2S. The van der Waals surface area contributed by atoms with Crippen LogP contribution in [0.5, 0.6) is 0 Å². The molecule has 1 aliphatic carbocycles. The average molecular weight is 520 g/mol. The van der Waals surface area contributed by atoms with Crippen molar-refractivity contribution >= 4 is 33.8 Å². The van der Waals surface area contributed by atoms with Crippen LogP contribution in [-0.2, 0) is 16.1 Å². The van der Waals surface area contributed by atoms with Gasteiger partial charge in [0.1, 0.15) is 0 Å². The molecule has 3 N–H and O–H groups in total. The van der Waals surface area contributed by atoms with E-state index in [1.54, 1.807) is 0 Å². The molecule has 10 heteroatoms. The van der Waals surface area contributed by atoms with Crippen LogP contribution in [0, 0.1) is 0 Å². The number of amides is 1. The second kappa shape index (κ2) is 9.13. The molecule has 3 aliphatic heterocycles. The predicted molar refractivity (Wildman–Crippen MR) is 144 cm³/mol. The lowest BCUT2D eigenvalue weighted by Crippen LogP contribution is -2.55. The third kappa shape index (κ3) is 4.31. The fourth-order valence-electron chi connectivity index (χ4n) is 5.71. The number of nitrogens with zero attached hydrogens (tertiary/aromatic N) is 5. The van der Waals surface area contributed by atoms with Crippen LogP contribution in [0.25, 0.3) is 27.0 Å². The van der Waals surface area contributed by atoms with Gasteiger partial charge in [0.05, 0.1) is 49.4 Å². The Morgan fingerprint density at radius 3 is 2.70 bits per heavy atom. The maximum Gasteiger partial charge on any atom is 0.242 e. The van der Waals surface area contributed by atoms with E-state index in [-0.39, 0.29) is 5.91 Å². The molecule has 7 rings (SSSR count). The number of aromatic nitrogens is 2. The number of hydrogen-bond acceptors (Lipinski definition) is 8. The lowest BCUT2D eigenvalue weighted by atomic mass is 10.0. The minimum absolute atomic E-state index is 0.142. The van der Waals surface area contributed by atoms with Gasteiger partial charge in [-0.1, -0.05) is 12.1 Å². The first-order valence-electron chi connectivity index (χ1n) is 13.2. The number of ether oxygens (including phenoxy) is 1. The molecule has 2 aromatic heterocycles. The van der Waals surface area contributed by atoms with E-state index in [9.17, 15) is 4.79 Å². The number of nitrogens with two attached hydrogens (primary N) is 1. The molecular weight excluding hydrogens is 486 g/mol. The highest BCUT2D eigenvalue weighted by Gasteiger charge is 2.48. The fraction of sp³-hybridized carbons (Fsp3) is 0.481. The van der Waals surface area contributed by atoms with Crippen LogP contribution < -0.4 is 5.73 Å². The van der Waals surface area contributed by atoms with Gasteiger partial charge in [-0.2, -0.15) is 5.10 Å². The number of morpholine rings is 1. The van der Waals surface area contributed by atoms with E-state index >= 15 is 0 Å². The number of thiophene rings is 1. The summed E-state index contributed by atoms with van der Waals surface area (Å²) in [6.45, 7) is 8.35. The second-order valence-corrected chi connectivity index (χ2v) is 11.8. The summed E-state index contributed by atoms with van der Waals surface area (Å²) in [7, 11) is 0. The van der Waals surface area contributed by atoms with Crippen molar-refractivity contribution in [2.45, 2.75) is 24.9 Å². The largest absolute Gasteiger partial charge is 0.378 e. The van der Waals surface area contributed by atoms with Crippen molar-refractivity contribution in [2.24, 2.45) is 5.73 Å². The van der Waals surface area contributed by atoms with E-state index in [1.165, 1.54) is 26.6 Å². The van der Waals surface area contributed by atoms with Gasteiger partial charge in [-0.25, -0.2) is 0 Å². The zero-order valence-electron chi connectivity index (χ0n) is 21.0. The number of nitrogens with one attached hydrogen (secondary N) is 1. The number of benzene rings is 1. The summed E-state index contributed by atoms with van der Waals surface area (Å²) in [6, 6.07) is 8.73. The highest BCUT2D eigenvalue weighted by atomic mass is 32.1. The van der Waals surface area contributed by atoms with E-state index in [1.807, 2.05) is 22.4 Å². The maximum absolute atomic E-state index is 12.7. The molecule has 5 heterocycles. The smallest absolute Gasteiger partial charge is 0.242 e. The van der Waals surface area contributed by atoms with Gasteiger partial charge in [0, 0.05) is 71.7 Å². The summed E-state index contributed by atoms with van der Waals surface area (Å²) < 4.78 is 5.66. The first-order chi connectivity index (χ1) is 18.1. The first-order valence-corrected chi connectivity index (χ1v) is 14.0. The number of carbonyl (C=O) groups excluding carboxylic acids is 1. The molecule has 3 fully saturated rings. The highest BCUT2D eigenvalue weighted by molar-refractivity contribution is 7.15. The fourth-order valence-corrected chi connectivity index (χ4v) is 6.95. The lowest BCUT2D eigenvalue weighted by molar-refractivity contribution is -0.135. The van der Waals surface area contributed by atoms with Crippen molar-refractivity contribution in [3.8, 4) is 10.4 Å². The van der Waals surface area contributed by atoms with E-state index in [4.69, 9.17) is 10.5 Å². The molecule has 0 spiro atoms. The number of rotatable bonds is 5. The Hall–Kier alpha value is -2.92. The molecule has 4 aliphatic rings. The van der Waals surface area contributed by atoms with Crippen LogP contribution in [0.15, 0.2) is 36.7 Å². The average Bonchev–Trinajstić information content (AvgIpc) is 3.31. The summed E-state index contributed by atoms with van der Waals surface area (Å²) in [5.74, 6) is 0.142. The summed E-state index contributed by atoms with van der Waals surface area (Å²) in [4.78, 5) is 24.7.